The van der Waals surface area contributed by atoms with E-state index in [1.807, 2.05) is 32.2 Å². The highest BCUT2D eigenvalue weighted by atomic mass is 32.2. The maximum atomic E-state index is 5.29. The number of hydrogen-bond donors (Lipinski definition) is 1. The number of aromatic nitrogens is 2. The van der Waals surface area contributed by atoms with Gasteiger partial charge in [-0.1, -0.05) is 11.8 Å². The van der Waals surface area contributed by atoms with Crippen LogP contribution in [0, 0.1) is 6.92 Å². The SMILES string of the molecule is CCNc1ncc(C)c(SCc2ccco2)n1. The molecule has 0 spiro atoms. The van der Waals surface area contributed by atoms with E-state index in [9.17, 15) is 0 Å². The number of rotatable bonds is 5. The standard InChI is InChI=1S/C12H15N3OS/c1-3-13-12-14-7-9(2)11(15-12)17-8-10-5-4-6-16-10/h4-7H,3,8H2,1-2H3,(H,13,14,15). The van der Waals surface area contributed by atoms with E-state index in [0.717, 1.165) is 28.6 Å². The van der Waals surface area contributed by atoms with Crippen LogP contribution in [0.1, 0.15) is 18.2 Å². The molecule has 2 aromatic rings. The summed E-state index contributed by atoms with van der Waals surface area (Å²) in [7, 11) is 0. The number of aryl methyl sites for hydroxylation is 1. The van der Waals surface area contributed by atoms with Gasteiger partial charge in [0.25, 0.3) is 0 Å². The average Bonchev–Trinajstić information content (AvgIpc) is 2.83. The predicted octanol–water partition coefficient (Wildman–Crippen LogP) is 3.10. The van der Waals surface area contributed by atoms with E-state index in [4.69, 9.17) is 4.42 Å². The Labute approximate surface area is 105 Å². The van der Waals surface area contributed by atoms with E-state index < -0.39 is 0 Å². The van der Waals surface area contributed by atoms with Crippen LogP contribution >= 0.6 is 11.8 Å². The topological polar surface area (TPSA) is 51.0 Å². The molecule has 0 atom stereocenters. The van der Waals surface area contributed by atoms with Gasteiger partial charge in [-0.2, -0.15) is 0 Å². The Hall–Kier alpha value is -1.49. The van der Waals surface area contributed by atoms with Crippen LogP contribution in [-0.2, 0) is 5.75 Å². The molecule has 0 amide bonds. The van der Waals surface area contributed by atoms with Crippen molar-refractivity contribution in [3.63, 3.8) is 0 Å². The lowest BCUT2D eigenvalue weighted by Gasteiger charge is -2.06. The van der Waals surface area contributed by atoms with Gasteiger partial charge in [0.2, 0.25) is 5.95 Å². The summed E-state index contributed by atoms with van der Waals surface area (Å²) in [6, 6.07) is 3.86. The largest absolute Gasteiger partial charge is 0.468 e. The fourth-order valence-corrected chi connectivity index (χ4v) is 2.22. The second-order valence-electron chi connectivity index (χ2n) is 3.58. The van der Waals surface area contributed by atoms with E-state index in [1.165, 1.54) is 0 Å². The maximum Gasteiger partial charge on any atom is 0.223 e. The van der Waals surface area contributed by atoms with Gasteiger partial charge in [-0.15, -0.1) is 0 Å². The molecule has 4 nitrogen and oxygen atoms in total. The van der Waals surface area contributed by atoms with Gasteiger partial charge in [0, 0.05) is 12.7 Å². The van der Waals surface area contributed by atoms with E-state index in [0.29, 0.717) is 5.95 Å². The summed E-state index contributed by atoms with van der Waals surface area (Å²) in [6.45, 7) is 4.87. The van der Waals surface area contributed by atoms with Gasteiger partial charge in [-0.3, -0.25) is 0 Å². The van der Waals surface area contributed by atoms with Gasteiger partial charge in [0.05, 0.1) is 12.0 Å². The molecule has 0 aliphatic carbocycles. The Kier molecular flexibility index (Phi) is 4.03. The van der Waals surface area contributed by atoms with Crippen LogP contribution in [0.4, 0.5) is 5.95 Å². The van der Waals surface area contributed by atoms with Crippen LogP contribution < -0.4 is 5.32 Å². The first kappa shape index (κ1) is 12.0. The van der Waals surface area contributed by atoms with Crippen LogP contribution in [0.25, 0.3) is 0 Å². The van der Waals surface area contributed by atoms with E-state index >= 15 is 0 Å². The summed E-state index contributed by atoms with van der Waals surface area (Å²) < 4.78 is 5.29. The highest BCUT2D eigenvalue weighted by molar-refractivity contribution is 7.98. The molecule has 17 heavy (non-hydrogen) atoms. The molecule has 0 saturated carbocycles. The molecule has 0 aliphatic rings. The Morgan fingerprint density at radius 3 is 3.06 bits per heavy atom. The van der Waals surface area contributed by atoms with Crippen molar-refractivity contribution in [2.75, 3.05) is 11.9 Å². The van der Waals surface area contributed by atoms with E-state index in [1.54, 1.807) is 18.0 Å². The summed E-state index contributed by atoms with van der Waals surface area (Å²) >= 11 is 1.66. The number of nitrogens with zero attached hydrogens (tertiary/aromatic N) is 2. The molecule has 0 aliphatic heterocycles. The van der Waals surface area contributed by atoms with Crippen LogP contribution in [-0.4, -0.2) is 16.5 Å². The van der Waals surface area contributed by atoms with Crippen LogP contribution in [0.5, 0.6) is 0 Å². The third-order valence-electron chi connectivity index (χ3n) is 2.19. The number of furan rings is 1. The first-order valence-electron chi connectivity index (χ1n) is 5.52. The third-order valence-corrected chi connectivity index (χ3v) is 3.31. The van der Waals surface area contributed by atoms with E-state index in [-0.39, 0.29) is 0 Å². The Balaban J connectivity index is 2.06. The highest BCUT2D eigenvalue weighted by Gasteiger charge is 2.05. The molecular weight excluding hydrogens is 234 g/mol. The Morgan fingerprint density at radius 1 is 1.47 bits per heavy atom. The van der Waals surface area contributed by atoms with Crippen molar-refractivity contribution in [1.29, 1.82) is 0 Å². The van der Waals surface area contributed by atoms with Gasteiger partial charge < -0.3 is 9.73 Å². The van der Waals surface area contributed by atoms with Crippen LogP contribution in [0.15, 0.2) is 34.0 Å². The lowest BCUT2D eigenvalue weighted by Crippen LogP contribution is -2.03. The van der Waals surface area contributed by atoms with Gasteiger partial charge in [0.15, 0.2) is 0 Å². The zero-order chi connectivity index (χ0) is 12.1. The summed E-state index contributed by atoms with van der Waals surface area (Å²) in [5, 5.41) is 4.10. The minimum atomic E-state index is 0.681. The number of nitrogens with one attached hydrogen (secondary N) is 1. The minimum absolute atomic E-state index is 0.681. The van der Waals surface area contributed by atoms with Crippen molar-refractivity contribution >= 4 is 17.7 Å². The van der Waals surface area contributed by atoms with Gasteiger partial charge in [0.1, 0.15) is 10.8 Å². The van der Waals surface area contributed by atoms with Crippen molar-refractivity contribution in [2.45, 2.75) is 24.6 Å². The molecule has 0 unspecified atom stereocenters. The fraction of sp³-hybridized carbons (Fsp3) is 0.333. The molecule has 0 saturated heterocycles. The second-order valence-corrected chi connectivity index (χ2v) is 4.54. The predicted molar refractivity (Wildman–Crippen MR) is 69.2 cm³/mol. The number of anilines is 1. The normalized spacial score (nSPS) is 10.5. The second kappa shape index (κ2) is 5.72. The maximum absolute atomic E-state index is 5.29. The van der Waals surface area contributed by atoms with Gasteiger partial charge in [-0.05, 0) is 31.5 Å². The minimum Gasteiger partial charge on any atom is -0.468 e. The quantitative estimate of drug-likeness (QED) is 0.652. The lowest BCUT2D eigenvalue weighted by atomic mass is 10.4. The molecule has 90 valence electrons. The van der Waals surface area contributed by atoms with Crippen molar-refractivity contribution < 1.29 is 4.42 Å². The summed E-state index contributed by atoms with van der Waals surface area (Å²) in [6.07, 6.45) is 3.53. The zero-order valence-corrected chi connectivity index (χ0v) is 10.8. The summed E-state index contributed by atoms with van der Waals surface area (Å²) in [5.74, 6) is 2.43. The fourth-order valence-electron chi connectivity index (χ4n) is 1.35. The molecular formula is C12H15N3OS. The number of thioether (sulfide) groups is 1. The molecule has 5 heteroatoms. The third kappa shape index (κ3) is 3.23. The van der Waals surface area contributed by atoms with Crippen molar-refractivity contribution in [3.05, 3.63) is 35.9 Å². The van der Waals surface area contributed by atoms with Gasteiger partial charge >= 0.3 is 0 Å². The molecule has 2 aromatic heterocycles. The smallest absolute Gasteiger partial charge is 0.223 e. The average molecular weight is 249 g/mol. The Bertz CT molecular complexity index is 471. The molecule has 0 aromatic carbocycles. The molecule has 2 rings (SSSR count). The molecule has 2 heterocycles. The first-order valence-corrected chi connectivity index (χ1v) is 6.51. The van der Waals surface area contributed by atoms with Crippen LogP contribution in [0.2, 0.25) is 0 Å². The first-order chi connectivity index (χ1) is 8.29. The van der Waals surface area contributed by atoms with Crippen LogP contribution in [0.3, 0.4) is 0 Å². The molecule has 0 bridgehead atoms. The van der Waals surface area contributed by atoms with E-state index in [2.05, 4.69) is 15.3 Å². The molecule has 1 N–H and O–H groups in total. The van der Waals surface area contributed by atoms with Crippen molar-refractivity contribution in [1.82, 2.24) is 9.97 Å². The van der Waals surface area contributed by atoms with Gasteiger partial charge in [-0.25, -0.2) is 9.97 Å². The van der Waals surface area contributed by atoms with Crippen molar-refractivity contribution in [3.8, 4) is 0 Å². The van der Waals surface area contributed by atoms with Crippen molar-refractivity contribution in [2.24, 2.45) is 0 Å². The summed E-state index contributed by atoms with van der Waals surface area (Å²) in [4.78, 5) is 8.68. The molecule has 0 fully saturated rings. The highest BCUT2D eigenvalue weighted by Crippen LogP contribution is 2.24. The summed E-state index contributed by atoms with van der Waals surface area (Å²) in [5.41, 5.74) is 1.09. The molecule has 0 radical (unpaired) electrons. The Morgan fingerprint density at radius 2 is 2.35 bits per heavy atom. The monoisotopic (exact) mass is 249 g/mol. The number of hydrogen-bond acceptors (Lipinski definition) is 5. The lowest BCUT2D eigenvalue weighted by molar-refractivity contribution is 0.530. The zero-order valence-electron chi connectivity index (χ0n) is 9.93.